The van der Waals surface area contributed by atoms with Crippen LogP contribution in [0.4, 0.5) is 5.69 Å². The summed E-state index contributed by atoms with van der Waals surface area (Å²) in [5.74, 6) is -0.613. The molecule has 0 aromatic heterocycles. The molecule has 1 unspecified atom stereocenters. The van der Waals surface area contributed by atoms with Gasteiger partial charge in [0.15, 0.2) is 0 Å². The molecular formula is C24H31ClN3O4SY-. The number of para-hydroxylation sites is 1. The number of amides is 1. The number of hydrogen-bond acceptors (Lipinski definition) is 5. The molecule has 0 fully saturated rings. The van der Waals surface area contributed by atoms with Crippen LogP contribution in [-0.4, -0.2) is 34.7 Å². The van der Waals surface area contributed by atoms with E-state index in [9.17, 15) is 18.0 Å². The first-order valence-electron chi connectivity index (χ1n) is 10.4. The zero-order chi connectivity index (χ0) is 25.2. The monoisotopic (exact) mass is 581 g/mol. The molecule has 1 heterocycles. The molecule has 3 rings (SSSR count). The van der Waals surface area contributed by atoms with Gasteiger partial charge in [-0.1, -0.05) is 63.6 Å². The van der Waals surface area contributed by atoms with Gasteiger partial charge in [-0.3, -0.25) is 4.31 Å². The number of carbonyl (C=O) groups is 2. The number of sulfonamides is 1. The van der Waals surface area contributed by atoms with E-state index in [4.69, 9.17) is 17.3 Å². The number of fused-ring (bicyclic) bond motifs is 2. The molecule has 0 saturated heterocycles. The number of nitrogens with zero attached hydrogens (tertiary/aromatic N) is 1. The molecule has 0 bridgehead atoms. The summed E-state index contributed by atoms with van der Waals surface area (Å²) in [6.07, 6.45) is 1.25. The molecule has 0 spiro atoms. The Hall–Kier alpha value is -1.32. The van der Waals surface area contributed by atoms with Crippen LogP contribution in [0.25, 0.3) is 5.73 Å². The molecule has 7 nitrogen and oxygen atoms in total. The predicted molar refractivity (Wildman–Crippen MR) is 132 cm³/mol. The number of nitrogens with one attached hydrogen (secondary N) is 2. The normalized spacial score (nSPS) is 16.6. The molecule has 1 amide bonds. The maximum Gasteiger partial charge on any atom is 0.264 e. The summed E-state index contributed by atoms with van der Waals surface area (Å²) in [5.41, 5.74) is 8.05. The molecule has 183 valence electrons. The van der Waals surface area contributed by atoms with Crippen molar-refractivity contribution in [2.75, 3.05) is 18.4 Å². The molecule has 34 heavy (non-hydrogen) atoms. The van der Waals surface area contributed by atoms with Crippen molar-refractivity contribution >= 4 is 39.5 Å². The van der Waals surface area contributed by atoms with Crippen LogP contribution in [0.2, 0.25) is 5.02 Å². The third kappa shape index (κ3) is 6.67. The second kappa shape index (κ2) is 11.6. The molecule has 2 aromatic rings. The number of hydrogen-bond donors (Lipinski definition) is 1. The fourth-order valence-electron chi connectivity index (χ4n) is 4.01. The number of aldehydes is 1. The van der Waals surface area contributed by atoms with Gasteiger partial charge in [0.1, 0.15) is 6.29 Å². The maximum absolute atomic E-state index is 12.8. The molecule has 0 saturated carbocycles. The second-order valence-corrected chi connectivity index (χ2v) is 11.8. The Labute approximate surface area is 232 Å². The minimum absolute atomic E-state index is 0. The average molecular weight is 582 g/mol. The Morgan fingerprint density at radius 2 is 1.74 bits per heavy atom. The molecule has 1 atom stereocenters. The van der Waals surface area contributed by atoms with Gasteiger partial charge >= 0.3 is 0 Å². The maximum atomic E-state index is 12.8. The van der Waals surface area contributed by atoms with E-state index in [0.717, 1.165) is 11.8 Å². The minimum Gasteiger partial charge on any atom is -0.667 e. The van der Waals surface area contributed by atoms with E-state index in [-0.39, 0.29) is 43.6 Å². The van der Waals surface area contributed by atoms with Gasteiger partial charge in [0, 0.05) is 55.6 Å². The quantitative estimate of drug-likeness (QED) is 0.501. The number of anilines is 1. The Morgan fingerprint density at radius 3 is 2.26 bits per heavy atom. The van der Waals surface area contributed by atoms with Gasteiger partial charge in [-0.25, -0.2) is 8.42 Å². The first-order chi connectivity index (χ1) is 15.2. The van der Waals surface area contributed by atoms with Crippen molar-refractivity contribution in [3.63, 3.8) is 0 Å². The van der Waals surface area contributed by atoms with Crippen LogP contribution in [0.1, 0.15) is 51.3 Å². The molecule has 1 aliphatic rings. The van der Waals surface area contributed by atoms with Crippen molar-refractivity contribution in [2.45, 2.75) is 45.1 Å². The first-order valence-corrected chi connectivity index (χ1v) is 12.3. The largest absolute Gasteiger partial charge is 0.667 e. The molecular weight excluding hydrogens is 551 g/mol. The van der Waals surface area contributed by atoms with Crippen molar-refractivity contribution in [3.8, 4) is 0 Å². The first kappa shape index (κ1) is 30.7. The van der Waals surface area contributed by atoms with Crippen molar-refractivity contribution < 1.29 is 50.7 Å². The van der Waals surface area contributed by atoms with E-state index in [1.807, 2.05) is 31.3 Å². The molecule has 10 heteroatoms. The molecule has 0 aliphatic carbocycles. The van der Waals surface area contributed by atoms with E-state index >= 15 is 0 Å². The Morgan fingerprint density at radius 1 is 1.15 bits per heavy atom. The average Bonchev–Trinajstić information content (AvgIpc) is 2.80. The van der Waals surface area contributed by atoms with Gasteiger partial charge in [0.2, 0.25) is 0 Å². The summed E-state index contributed by atoms with van der Waals surface area (Å²) < 4.78 is 27.0. The Kier molecular flexibility index (Phi) is 10.5. The van der Waals surface area contributed by atoms with E-state index < -0.39 is 26.8 Å². The van der Waals surface area contributed by atoms with E-state index in [0.29, 0.717) is 22.7 Å². The smallest absolute Gasteiger partial charge is 0.264 e. The molecule has 1 radical (unpaired) electrons. The topological polar surface area (TPSA) is 107 Å². The van der Waals surface area contributed by atoms with Crippen molar-refractivity contribution in [1.82, 2.24) is 5.32 Å². The van der Waals surface area contributed by atoms with Crippen molar-refractivity contribution in [1.29, 1.82) is 0 Å². The van der Waals surface area contributed by atoms with Crippen LogP contribution in [0.3, 0.4) is 0 Å². The van der Waals surface area contributed by atoms with Gasteiger partial charge in [-0.2, -0.15) is 0 Å². The van der Waals surface area contributed by atoms with Gasteiger partial charge in [0.05, 0.1) is 22.5 Å². The van der Waals surface area contributed by atoms with E-state index in [2.05, 4.69) is 5.32 Å². The SMILES string of the molecule is CC(C)(C=O)CC(C)(C)C([NH-])=O.CNC1c2ccccc2N(C)S(=O)(=O)c2cc(Cl)ccc21.[Y]. The molecule has 2 N–H and O–H groups in total. The van der Waals surface area contributed by atoms with Gasteiger partial charge in [-0.05, 0) is 42.8 Å². The molecule has 1 aliphatic heterocycles. The second-order valence-electron chi connectivity index (χ2n) is 9.43. The summed E-state index contributed by atoms with van der Waals surface area (Å²) >= 11 is 6.00. The number of benzene rings is 2. The van der Waals surface area contributed by atoms with Crippen LogP contribution in [0.5, 0.6) is 0 Å². The summed E-state index contributed by atoms with van der Waals surface area (Å²) in [4.78, 5) is 21.6. The minimum atomic E-state index is -3.63. The summed E-state index contributed by atoms with van der Waals surface area (Å²) in [6, 6.07) is 12.3. The third-order valence-corrected chi connectivity index (χ3v) is 7.69. The number of halogens is 1. The van der Waals surface area contributed by atoms with Crippen LogP contribution in [0, 0.1) is 10.8 Å². The van der Waals surface area contributed by atoms with E-state index in [1.165, 1.54) is 10.4 Å². The zero-order valence-electron chi connectivity index (χ0n) is 20.3. The molecule has 2 aromatic carbocycles. The predicted octanol–water partition coefficient (Wildman–Crippen LogP) is 4.99. The Bertz CT molecular complexity index is 1150. The van der Waals surface area contributed by atoms with Crippen molar-refractivity contribution in [2.24, 2.45) is 10.8 Å². The zero-order valence-corrected chi connectivity index (χ0v) is 24.8. The van der Waals surface area contributed by atoms with Crippen molar-refractivity contribution in [3.05, 3.63) is 64.3 Å². The standard InChI is InChI=1S/C15H15ClN2O2S.C9H17NO2.Y/c1-17-15-11-5-3-4-6-13(11)18(2)21(19,20)14-9-10(16)7-8-12(14)15;1-8(2,6-11)5-9(3,4)7(10)12;/h3-9,15,17H,1-2H3;6H,5H2,1-4H3,(H2,10,12);/p-1. The van der Waals surface area contributed by atoms with Crippen LogP contribution >= 0.6 is 11.6 Å². The summed E-state index contributed by atoms with van der Waals surface area (Å²) in [6.45, 7) is 6.91. The number of carbonyl (C=O) groups excluding carboxylic acids is 2. The fourth-order valence-corrected chi connectivity index (χ4v) is 5.72. The fraction of sp³-hybridized carbons (Fsp3) is 0.417. The van der Waals surface area contributed by atoms with Gasteiger partial charge in [-0.15, -0.1) is 0 Å². The summed E-state index contributed by atoms with van der Waals surface area (Å²) in [5, 5.41) is 3.61. The van der Waals surface area contributed by atoms with Crippen LogP contribution in [0.15, 0.2) is 47.4 Å². The number of rotatable bonds is 5. The van der Waals surface area contributed by atoms with Gasteiger partial charge < -0.3 is 20.6 Å². The van der Waals surface area contributed by atoms with Gasteiger partial charge in [0.25, 0.3) is 10.0 Å². The van der Waals surface area contributed by atoms with Crippen LogP contribution < -0.4 is 9.62 Å². The third-order valence-electron chi connectivity index (χ3n) is 5.63. The Balaban J connectivity index is 0.000000386. The summed E-state index contributed by atoms with van der Waals surface area (Å²) in [7, 11) is -0.244. The van der Waals surface area contributed by atoms with Crippen LogP contribution in [-0.2, 0) is 52.3 Å². The van der Waals surface area contributed by atoms with E-state index in [1.54, 1.807) is 46.9 Å².